The molecule has 5 nitrogen and oxygen atoms in total. The minimum absolute atomic E-state index is 0.0352. The molecule has 1 atom stereocenters. The molecule has 94 valence electrons. The molecule has 1 aliphatic rings. The second-order valence-electron chi connectivity index (χ2n) is 4.41. The first kappa shape index (κ1) is 12.0. The van der Waals surface area contributed by atoms with Crippen LogP contribution in [0.5, 0.6) is 0 Å². The largest absolute Gasteiger partial charge is 0.464 e. The summed E-state index contributed by atoms with van der Waals surface area (Å²) in [5.74, 6) is 1.75. The topological polar surface area (TPSA) is 48.7 Å². The van der Waals surface area contributed by atoms with Crippen LogP contribution in [0.2, 0.25) is 0 Å². The predicted molar refractivity (Wildman–Crippen MR) is 64.8 cm³/mol. The van der Waals surface area contributed by atoms with E-state index in [9.17, 15) is 4.79 Å². The summed E-state index contributed by atoms with van der Waals surface area (Å²) in [5.41, 5.74) is 0. The molecule has 5 heteroatoms. The Kier molecular flexibility index (Phi) is 3.38. The van der Waals surface area contributed by atoms with E-state index in [0.29, 0.717) is 6.54 Å². The number of amides is 2. The maximum atomic E-state index is 12.0. The molecule has 0 aliphatic carbocycles. The number of furan rings is 1. The SMILES string of the molecule is CNCCN1CC(c2ccc(C)o2)N(C)C1=O. The van der Waals surface area contributed by atoms with Crippen molar-refractivity contribution >= 4 is 6.03 Å². The van der Waals surface area contributed by atoms with Crippen molar-refractivity contribution in [2.75, 3.05) is 33.7 Å². The molecule has 1 aromatic heterocycles. The number of likely N-dealkylation sites (N-methyl/N-ethyl adjacent to an activating group) is 2. The molecule has 1 aromatic rings. The number of urea groups is 1. The van der Waals surface area contributed by atoms with Crippen molar-refractivity contribution in [2.45, 2.75) is 13.0 Å². The molecule has 0 spiro atoms. The van der Waals surface area contributed by atoms with E-state index in [1.54, 1.807) is 4.90 Å². The van der Waals surface area contributed by atoms with E-state index in [1.807, 2.05) is 38.1 Å². The molecule has 1 unspecified atom stereocenters. The smallest absolute Gasteiger partial charge is 0.320 e. The number of aryl methyl sites for hydroxylation is 1. The highest BCUT2D eigenvalue weighted by Gasteiger charge is 2.36. The second kappa shape index (κ2) is 4.79. The van der Waals surface area contributed by atoms with Crippen molar-refractivity contribution < 1.29 is 9.21 Å². The maximum absolute atomic E-state index is 12.0. The number of nitrogens with zero attached hydrogens (tertiary/aromatic N) is 2. The van der Waals surface area contributed by atoms with Crippen molar-refractivity contribution in [3.8, 4) is 0 Å². The van der Waals surface area contributed by atoms with Gasteiger partial charge in [-0.1, -0.05) is 0 Å². The summed E-state index contributed by atoms with van der Waals surface area (Å²) in [6.45, 7) is 4.16. The third-order valence-electron chi connectivity index (χ3n) is 3.15. The Hall–Kier alpha value is -1.49. The molecule has 17 heavy (non-hydrogen) atoms. The molecule has 1 fully saturated rings. The summed E-state index contributed by atoms with van der Waals surface area (Å²) in [7, 11) is 3.71. The fourth-order valence-electron chi connectivity index (χ4n) is 2.11. The minimum Gasteiger partial charge on any atom is -0.464 e. The lowest BCUT2D eigenvalue weighted by Crippen LogP contribution is -2.34. The molecular weight excluding hydrogens is 218 g/mol. The van der Waals surface area contributed by atoms with Gasteiger partial charge < -0.3 is 19.5 Å². The number of hydrogen-bond donors (Lipinski definition) is 1. The molecule has 2 heterocycles. The van der Waals surface area contributed by atoms with Gasteiger partial charge in [0.05, 0.1) is 6.54 Å². The van der Waals surface area contributed by atoms with Crippen LogP contribution in [0.3, 0.4) is 0 Å². The normalized spacial score (nSPS) is 20.4. The zero-order chi connectivity index (χ0) is 12.4. The van der Waals surface area contributed by atoms with Gasteiger partial charge >= 0.3 is 6.03 Å². The van der Waals surface area contributed by atoms with E-state index >= 15 is 0 Å². The number of rotatable bonds is 4. The lowest BCUT2D eigenvalue weighted by Gasteiger charge is -2.15. The van der Waals surface area contributed by atoms with Gasteiger partial charge in [-0.3, -0.25) is 0 Å². The van der Waals surface area contributed by atoms with Gasteiger partial charge in [0, 0.05) is 20.1 Å². The zero-order valence-electron chi connectivity index (χ0n) is 10.6. The average Bonchev–Trinajstić information content (AvgIpc) is 2.84. The van der Waals surface area contributed by atoms with Crippen LogP contribution >= 0.6 is 0 Å². The molecule has 1 N–H and O–H groups in total. The van der Waals surface area contributed by atoms with Gasteiger partial charge in [0.2, 0.25) is 0 Å². The van der Waals surface area contributed by atoms with Crippen molar-refractivity contribution in [3.05, 3.63) is 23.7 Å². The van der Waals surface area contributed by atoms with Crippen molar-refractivity contribution in [1.82, 2.24) is 15.1 Å². The summed E-state index contributed by atoms with van der Waals surface area (Å²) in [6, 6.07) is 3.99. The van der Waals surface area contributed by atoms with E-state index in [2.05, 4.69) is 5.32 Å². The van der Waals surface area contributed by atoms with Gasteiger partial charge in [-0.25, -0.2) is 4.79 Å². The fourth-order valence-corrected chi connectivity index (χ4v) is 2.11. The van der Waals surface area contributed by atoms with Crippen LogP contribution in [0.4, 0.5) is 4.79 Å². The van der Waals surface area contributed by atoms with Gasteiger partial charge in [0.1, 0.15) is 17.6 Å². The first-order valence-corrected chi connectivity index (χ1v) is 5.86. The Balaban J connectivity index is 2.08. The molecule has 0 radical (unpaired) electrons. The van der Waals surface area contributed by atoms with E-state index in [1.165, 1.54) is 0 Å². The summed E-state index contributed by atoms with van der Waals surface area (Å²) in [5, 5.41) is 3.05. The number of carbonyl (C=O) groups excluding carboxylic acids is 1. The quantitative estimate of drug-likeness (QED) is 0.856. The molecule has 2 amide bonds. The van der Waals surface area contributed by atoms with Crippen LogP contribution in [0.25, 0.3) is 0 Å². The highest BCUT2D eigenvalue weighted by molar-refractivity contribution is 5.77. The minimum atomic E-state index is 0.0352. The fraction of sp³-hybridized carbons (Fsp3) is 0.583. The Labute approximate surface area is 101 Å². The molecule has 0 bridgehead atoms. The van der Waals surface area contributed by atoms with E-state index < -0.39 is 0 Å². The monoisotopic (exact) mass is 237 g/mol. The van der Waals surface area contributed by atoms with E-state index in [4.69, 9.17) is 4.42 Å². The standard InChI is InChI=1S/C12H19N3O2/c1-9-4-5-11(17-9)10-8-15(7-6-13-2)12(16)14(10)3/h4-5,10,13H,6-8H2,1-3H3. The van der Waals surface area contributed by atoms with Crippen molar-refractivity contribution in [3.63, 3.8) is 0 Å². The van der Waals surface area contributed by atoms with Crippen LogP contribution in [0.15, 0.2) is 16.5 Å². The second-order valence-corrected chi connectivity index (χ2v) is 4.41. The summed E-state index contributed by atoms with van der Waals surface area (Å²) in [4.78, 5) is 15.6. The Morgan fingerprint density at radius 3 is 2.88 bits per heavy atom. The molecule has 1 saturated heterocycles. The predicted octanol–water partition coefficient (Wildman–Crippen LogP) is 1.22. The van der Waals surface area contributed by atoms with Crippen LogP contribution in [0, 0.1) is 6.92 Å². The summed E-state index contributed by atoms with van der Waals surface area (Å²) in [6.07, 6.45) is 0. The first-order valence-electron chi connectivity index (χ1n) is 5.86. The van der Waals surface area contributed by atoms with Crippen molar-refractivity contribution in [1.29, 1.82) is 0 Å². The van der Waals surface area contributed by atoms with E-state index in [-0.39, 0.29) is 12.1 Å². The zero-order valence-corrected chi connectivity index (χ0v) is 10.6. The van der Waals surface area contributed by atoms with Gasteiger partial charge in [-0.05, 0) is 26.1 Å². The first-order chi connectivity index (χ1) is 8.13. The number of carbonyl (C=O) groups is 1. The third-order valence-corrected chi connectivity index (χ3v) is 3.15. The Bertz CT molecular complexity index is 402. The van der Waals surface area contributed by atoms with Gasteiger partial charge in [-0.15, -0.1) is 0 Å². The third kappa shape index (κ3) is 2.29. The molecule has 2 rings (SSSR count). The van der Waals surface area contributed by atoms with Gasteiger partial charge in [0.25, 0.3) is 0 Å². The van der Waals surface area contributed by atoms with Gasteiger partial charge in [-0.2, -0.15) is 0 Å². The van der Waals surface area contributed by atoms with Crippen LogP contribution in [0.1, 0.15) is 17.6 Å². The molecule has 0 aromatic carbocycles. The van der Waals surface area contributed by atoms with E-state index in [0.717, 1.165) is 24.6 Å². The lowest BCUT2D eigenvalue weighted by molar-refractivity contribution is 0.194. The van der Waals surface area contributed by atoms with Crippen LogP contribution in [-0.4, -0.2) is 49.6 Å². The summed E-state index contributed by atoms with van der Waals surface area (Å²) < 4.78 is 5.60. The number of hydrogen-bond acceptors (Lipinski definition) is 3. The lowest BCUT2D eigenvalue weighted by atomic mass is 10.2. The maximum Gasteiger partial charge on any atom is 0.320 e. The highest BCUT2D eigenvalue weighted by atomic mass is 16.3. The Morgan fingerprint density at radius 2 is 2.29 bits per heavy atom. The van der Waals surface area contributed by atoms with Crippen LogP contribution in [-0.2, 0) is 0 Å². The summed E-state index contributed by atoms with van der Waals surface area (Å²) >= 11 is 0. The van der Waals surface area contributed by atoms with Gasteiger partial charge in [0.15, 0.2) is 0 Å². The number of nitrogens with one attached hydrogen (secondary N) is 1. The molecular formula is C12H19N3O2. The van der Waals surface area contributed by atoms with Crippen LogP contribution < -0.4 is 5.32 Å². The average molecular weight is 237 g/mol. The highest BCUT2D eigenvalue weighted by Crippen LogP contribution is 2.28. The molecule has 1 aliphatic heterocycles. The molecule has 0 saturated carbocycles. The van der Waals surface area contributed by atoms with Crippen molar-refractivity contribution in [2.24, 2.45) is 0 Å². The Morgan fingerprint density at radius 1 is 1.53 bits per heavy atom.